The molecule has 3 amide bonds. The van der Waals surface area contributed by atoms with Crippen molar-refractivity contribution in [1.29, 1.82) is 0 Å². The Labute approximate surface area is 243 Å². The summed E-state index contributed by atoms with van der Waals surface area (Å²) in [6.45, 7) is 1.12. The van der Waals surface area contributed by atoms with Gasteiger partial charge in [-0.3, -0.25) is 14.4 Å². The zero-order valence-electron chi connectivity index (χ0n) is 22.7. The van der Waals surface area contributed by atoms with Gasteiger partial charge in [-0.2, -0.15) is 12.6 Å². The van der Waals surface area contributed by atoms with Gasteiger partial charge >= 0.3 is 11.9 Å². The first kappa shape index (κ1) is 29.5. The van der Waals surface area contributed by atoms with E-state index >= 15 is 0 Å². The van der Waals surface area contributed by atoms with Gasteiger partial charge in [-0.1, -0.05) is 78.9 Å². The monoisotopic (exact) mass is 573 g/mol. The number of hydrogen-bond donors (Lipinski definition) is 2. The van der Waals surface area contributed by atoms with E-state index in [0.29, 0.717) is 16.8 Å². The lowest BCUT2D eigenvalue weighted by molar-refractivity contribution is -0.155. The Morgan fingerprint density at radius 3 is 2.24 bits per heavy atom. The smallest absolute Gasteiger partial charge is 0.331 e. The molecule has 41 heavy (non-hydrogen) atoms. The number of aliphatic imine (C=N–C) groups is 1. The third-order valence-corrected chi connectivity index (χ3v) is 6.89. The van der Waals surface area contributed by atoms with Crippen LogP contribution in [0.2, 0.25) is 0 Å². The molecule has 0 saturated carbocycles. The number of carbonyl (C=O) groups is 4. The molecule has 3 aromatic carbocycles. The van der Waals surface area contributed by atoms with E-state index in [0.717, 1.165) is 15.5 Å². The highest BCUT2D eigenvalue weighted by atomic mass is 32.1. The van der Waals surface area contributed by atoms with Crippen molar-refractivity contribution in [3.63, 3.8) is 0 Å². The number of para-hydroxylation sites is 1. The van der Waals surface area contributed by atoms with E-state index in [1.165, 1.54) is 18.9 Å². The second kappa shape index (κ2) is 13.2. The summed E-state index contributed by atoms with van der Waals surface area (Å²) in [6, 6.07) is 24.2. The average Bonchev–Trinajstić information content (AvgIpc) is 3.11. The molecule has 2 unspecified atom stereocenters. The topological polar surface area (TPSA) is 126 Å². The van der Waals surface area contributed by atoms with Crippen LogP contribution in [0.25, 0.3) is 0 Å². The standard InChI is InChI=1S/C30H31N5O5S/c1-20(36)34(17-21-11-5-3-6-12-21)18-26(37)40-35-25-16-10-9-15-23(25)27(22-13-7-4-8-14-22)32-28(30(35)39)33(2)29(38)24(31)19-41/h3-16,24,28,41H,17-19,31H2,1-2H3. The van der Waals surface area contributed by atoms with Crippen LogP contribution in [-0.4, -0.2) is 70.8 Å². The maximum atomic E-state index is 14.0. The molecule has 4 rings (SSSR count). The van der Waals surface area contributed by atoms with Gasteiger partial charge in [-0.15, -0.1) is 5.06 Å². The molecule has 10 nitrogen and oxygen atoms in total. The summed E-state index contributed by atoms with van der Waals surface area (Å²) in [5.41, 5.74) is 8.64. The van der Waals surface area contributed by atoms with E-state index in [-0.39, 0.29) is 23.9 Å². The molecule has 2 atom stereocenters. The Morgan fingerprint density at radius 2 is 1.61 bits per heavy atom. The van der Waals surface area contributed by atoms with Crippen LogP contribution in [0.1, 0.15) is 23.6 Å². The van der Waals surface area contributed by atoms with E-state index in [4.69, 9.17) is 15.6 Å². The van der Waals surface area contributed by atoms with Gasteiger partial charge in [-0.25, -0.2) is 9.79 Å². The van der Waals surface area contributed by atoms with Gasteiger partial charge in [0.2, 0.25) is 18.0 Å². The molecule has 0 saturated heterocycles. The number of hydrogen-bond acceptors (Lipinski definition) is 8. The Morgan fingerprint density at radius 1 is 1.00 bits per heavy atom. The fourth-order valence-electron chi connectivity index (χ4n) is 4.32. The number of rotatable bonds is 9. The van der Waals surface area contributed by atoms with Crippen LogP contribution in [-0.2, 0) is 30.6 Å². The van der Waals surface area contributed by atoms with Gasteiger partial charge in [0.15, 0.2) is 0 Å². The van der Waals surface area contributed by atoms with Crippen molar-refractivity contribution in [1.82, 2.24) is 9.80 Å². The lowest BCUT2D eigenvalue weighted by Gasteiger charge is -2.29. The highest BCUT2D eigenvalue weighted by molar-refractivity contribution is 7.80. The molecule has 1 heterocycles. The molecular formula is C30H31N5O5S. The summed E-state index contributed by atoms with van der Waals surface area (Å²) in [7, 11) is 1.41. The van der Waals surface area contributed by atoms with E-state index in [9.17, 15) is 19.2 Å². The maximum absolute atomic E-state index is 14.0. The third kappa shape index (κ3) is 6.82. The number of fused-ring (bicyclic) bond motifs is 1. The number of anilines is 1. The van der Waals surface area contributed by atoms with Crippen molar-refractivity contribution in [2.24, 2.45) is 10.7 Å². The first-order chi connectivity index (χ1) is 19.7. The predicted octanol–water partition coefficient (Wildman–Crippen LogP) is 2.42. The third-order valence-electron chi connectivity index (χ3n) is 6.50. The molecule has 0 aromatic heterocycles. The lowest BCUT2D eigenvalue weighted by Crippen LogP contribution is -2.53. The zero-order chi connectivity index (χ0) is 29.5. The number of benzene rings is 3. The van der Waals surface area contributed by atoms with Crippen molar-refractivity contribution in [3.8, 4) is 0 Å². The van der Waals surface area contributed by atoms with Gasteiger partial charge in [0.1, 0.15) is 6.54 Å². The molecule has 0 aliphatic carbocycles. The van der Waals surface area contributed by atoms with E-state index in [2.05, 4.69) is 12.6 Å². The summed E-state index contributed by atoms with van der Waals surface area (Å²) in [4.78, 5) is 65.4. The molecule has 2 N–H and O–H groups in total. The van der Waals surface area contributed by atoms with Crippen molar-refractivity contribution in [2.75, 3.05) is 24.4 Å². The summed E-state index contributed by atoms with van der Waals surface area (Å²) < 4.78 is 0. The summed E-state index contributed by atoms with van der Waals surface area (Å²) in [6.07, 6.45) is -1.41. The second-order valence-electron chi connectivity index (χ2n) is 9.43. The molecule has 3 aromatic rings. The maximum Gasteiger partial charge on any atom is 0.352 e. The van der Waals surface area contributed by atoms with Crippen molar-refractivity contribution in [3.05, 3.63) is 102 Å². The quantitative estimate of drug-likeness (QED) is 0.379. The minimum Gasteiger partial charge on any atom is -0.331 e. The van der Waals surface area contributed by atoms with E-state index in [1.54, 1.807) is 24.3 Å². The molecule has 1 aliphatic heterocycles. The van der Waals surface area contributed by atoms with Gasteiger partial charge in [0.05, 0.1) is 17.4 Å². The van der Waals surface area contributed by atoms with Crippen molar-refractivity contribution >= 4 is 47.7 Å². The lowest BCUT2D eigenvalue weighted by atomic mass is 10.0. The normalized spacial score (nSPS) is 15.2. The van der Waals surface area contributed by atoms with Gasteiger partial charge in [-0.05, 0) is 11.6 Å². The highest BCUT2D eigenvalue weighted by Crippen LogP contribution is 2.30. The molecule has 1 aliphatic rings. The van der Waals surface area contributed by atoms with E-state index < -0.39 is 36.5 Å². The Balaban J connectivity index is 1.72. The van der Waals surface area contributed by atoms with Crippen LogP contribution in [0.15, 0.2) is 89.9 Å². The average molecular weight is 574 g/mol. The van der Waals surface area contributed by atoms with Gasteiger partial charge in [0.25, 0.3) is 0 Å². The van der Waals surface area contributed by atoms with Gasteiger partial charge in [0, 0.05) is 37.4 Å². The first-order valence-corrected chi connectivity index (χ1v) is 13.5. The number of likely N-dealkylation sites (N-methyl/N-ethyl adjacent to an activating group) is 1. The van der Waals surface area contributed by atoms with Crippen LogP contribution >= 0.6 is 12.6 Å². The largest absolute Gasteiger partial charge is 0.352 e. The number of nitrogens with zero attached hydrogens (tertiary/aromatic N) is 4. The fraction of sp³-hybridized carbons (Fsp3) is 0.233. The van der Waals surface area contributed by atoms with Crippen molar-refractivity contribution in [2.45, 2.75) is 25.7 Å². The number of nitrogens with two attached hydrogens (primary N) is 1. The molecule has 212 valence electrons. The molecule has 0 fully saturated rings. The first-order valence-electron chi connectivity index (χ1n) is 12.9. The highest BCUT2D eigenvalue weighted by Gasteiger charge is 2.39. The zero-order valence-corrected chi connectivity index (χ0v) is 23.6. The van der Waals surface area contributed by atoms with Crippen LogP contribution in [0.3, 0.4) is 0 Å². The Kier molecular flexibility index (Phi) is 9.53. The number of benzodiazepines with no additional fused rings is 1. The summed E-state index contributed by atoms with van der Waals surface area (Å²) in [5, 5.41) is 0.846. The number of amides is 3. The predicted molar refractivity (Wildman–Crippen MR) is 158 cm³/mol. The number of thiol groups is 1. The number of hydroxylamine groups is 1. The number of carbonyl (C=O) groups excluding carboxylic acids is 4. The second-order valence-corrected chi connectivity index (χ2v) is 9.79. The molecule has 0 spiro atoms. The Hall–Kier alpha value is -4.48. The minimum atomic E-state index is -1.41. The van der Waals surface area contributed by atoms with Crippen molar-refractivity contribution < 1.29 is 24.0 Å². The van der Waals surface area contributed by atoms with Crippen LogP contribution < -0.4 is 10.8 Å². The molecule has 0 bridgehead atoms. The van der Waals surface area contributed by atoms with Gasteiger partial charge < -0.3 is 20.4 Å². The SMILES string of the molecule is CC(=O)N(CC(=O)ON1C(=O)C(N(C)C(=O)C(N)CS)N=C(c2ccccc2)c2ccccc21)Cc1ccccc1. The van der Waals surface area contributed by atoms with Crippen LogP contribution in [0.5, 0.6) is 0 Å². The molecule has 0 radical (unpaired) electrons. The molecule has 11 heteroatoms. The minimum absolute atomic E-state index is 0.0561. The Bertz CT molecular complexity index is 1450. The summed E-state index contributed by atoms with van der Waals surface area (Å²) in [5.74, 6) is -2.47. The van der Waals surface area contributed by atoms with Crippen LogP contribution in [0.4, 0.5) is 5.69 Å². The summed E-state index contributed by atoms with van der Waals surface area (Å²) >= 11 is 4.11. The molecular weight excluding hydrogens is 542 g/mol. The van der Waals surface area contributed by atoms with E-state index in [1.807, 2.05) is 60.7 Å². The van der Waals surface area contributed by atoms with Crippen LogP contribution in [0, 0.1) is 0 Å². The fourth-order valence-corrected chi connectivity index (χ4v) is 4.48.